The number of carbonyl (C=O) groups excluding carboxylic acids is 1. The highest BCUT2D eigenvalue weighted by molar-refractivity contribution is 14.1. The van der Waals surface area contributed by atoms with Gasteiger partial charge < -0.3 is 4.74 Å². The lowest BCUT2D eigenvalue weighted by molar-refractivity contribution is -0.386. The molecule has 18 heavy (non-hydrogen) atoms. The summed E-state index contributed by atoms with van der Waals surface area (Å²) in [6.07, 6.45) is -3.01. The largest absolute Gasteiger partial charge is 0.461 e. The van der Waals surface area contributed by atoms with E-state index in [0.29, 0.717) is 6.07 Å². The summed E-state index contributed by atoms with van der Waals surface area (Å²) in [6.45, 7) is 1.54. The third-order valence-electron chi connectivity index (χ3n) is 1.85. The number of alkyl halides is 2. The fourth-order valence-electron chi connectivity index (χ4n) is 1.11. The predicted molar refractivity (Wildman–Crippen MR) is 64.5 cm³/mol. The van der Waals surface area contributed by atoms with E-state index in [1.165, 1.54) is 29.5 Å². The van der Waals surface area contributed by atoms with Crippen molar-refractivity contribution in [1.29, 1.82) is 0 Å². The molecule has 0 radical (unpaired) electrons. The SMILES string of the molecule is CCOC(=O)c1nc(C(F)F)cc([N+](=O)[O-])c1I. The zero-order chi connectivity index (χ0) is 13.9. The molecule has 0 amide bonds. The number of nitrogens with zero attached hydrogens (tertiary/aromatic N) is 2. The van der Waals surface area contributed by atoms with E-state index in [-0.39, 0.29) is 10.2 Å². The zero-order valence-corrected chi connectivity index (χ0v) is 11.2. The Bertz CT molecular complexity index is 496. The first kappa shape index (κ1) is 14.7. The molecule has 1 aromatic heterocycles. The summed E-state index contributed by atoms with van der Waals surface area (Å²) in [4.78, 5) is 24.7. The van der Waals surface area contributed by atoms with Crippen molar-refractivity contribution in [2.24, 2.45) is 0 Å². The zero-order valence-electron chi connectivity index (χ0n) is 9.02. The van der Waals surface area contributed by atoms with Crippen LogP contribution in [-0.4, -0.2) is 22.5 Å². The Labute approximate surface area is 114 Å². The average molecular weight is 372 g/mol. The van der Waals surface area contributed by atoms with Crippen LogP contribution in [0.5, 0.6) is 0 Å². The van der Waals surface area contributed by atoms with Crippen LogP contribution in [0.3, 0.4) is 0 Å². The Morgan fingerprint density at radius 2 is 2.28 bits per heavy atom. The second-order valence-electron chi connectivity index (χ2n) is 3.01. The van der Waals surface area contributed by atoms with E-state index in [1.54, 1.807) is 0 Å². The first-order valence-electron chi connectivity index (χ1n) is 4.68. The lowest BCUT2D eigenvalue weighted by Crippen LogP contribution is -2.12. The Balaban J connectivity index is 3.40. The van der Waals surface area contributed by atoms with Crippen molar-refractivity contribution in [2.45, 2.75) is 13.3 Å². The van der Waals surface area contributed by atoms with Crippen LogP contribution in [0, 0.1) is 13.7 Å². The Kier molecular flexibility index (Phi) is 4.87. The van der Waals surface area contributed by atoms with Gasteiger partial charge in [-0.15, -0.1) is 0 Å². The van der Waals surface area contributed by atoms with Gasteiger partial charge in [0, 0.05) is 6.07 Å². The molecule has 9 heteroatoms. The molecule has 0 aliphatic rings. The molecule has 0 aliphatic carbocycles. The van der Waals surface area contributed by atoms with Crippen LogP contribution in [0.15, 0.2) is 6.07 Å². The molecule has 0 saturated heterocycles. The molecule has 1 aromatic rings. The van der Waals surface area contributed by atoms with E-state index in [0.717, 1.165) is 0 Å². The maximum absolute atomic E-state index is 12.5. The minimum Gasteiger partial charge on any atom is -0.461 e. The number of pyridine rings is 1. The van der Waals surface area contributed by atoms with Gasteiger partial charge in [-0.3, -0.25) is 10.1 Å². The number of aromatic nitrogens is 1. The summed E-state index contributed by atoms with van der Waals surface area (Å²) in [5.74, 6) is -0.965. The number of hydrogen-bond acceptors (Lipinski definition) is 5. The third kappa shape index (κ3) is 3.09. The first-order valence-corrected chi connectivity index (χ1v) is 5.76. The Hall–Kier alpha value is -1.39. The lowest BCUT2D eigenvalue weighted by atomic mass is 10.2. The molecule has 0 atom stereocenters. The fourth-order valence-corrected chi connectivity index (χ4v) is 1.81. The number of hydrogen-bond donors (Lipinski definition) is 0. The van der Waals surface area contributed by atoms with Gasteiger partial charge in [0.05, 0.1) is 11.5 Å². The highest BCUT2D eigenvalue weighted by Crippen LogP contribution is 2.28. The van der Waals surface area contributed by atoms with Gasteiger partial charge in [-0.1, -0.05) is 0 Å². The van der Waals surface area contributed by atoms with Crippen molar-refractivity contribution in [2.75, 3.05) is 6.61 Å². The number of carbonyl (C=O) groups is 1. The Morgan fingerprint density at radius 3 is 2.72 bits per heavy atom. The maximum Gasteiger partial charge on any atom is 0.358 e. The molecule has 0 bridgehead atoms. The van der Waals surface area contributed by atoms with Gasteiger partial charge in [-0.25, -0.2) is 18.6 Å². The van der Waals surface area contributed by atoms with E-state index < -0.39 is 34.4 Å². The lowest BCUT2D eigenvalue weighted by Gasteiger charge is -2.06. The number of nitro groups is 1. The minimum absolute atomic E-state index is 0.0172. The highest BCUT2D eigenvalue weighted by Gasteiger charge is 2.26. The summed E-state index contributed by atoms with van der Waals surface area (Å²) >= 11 is 1.50. The van der Waals surface area contributed by atoms with E-state index in [2.05, 4.69) is 9.72 Å². The summed E-state index contributed by atoms with van der Waals surface area (Å²) in [5.41, 5.74) is -1.89. The Morgan fingerprint density at radius 1 is 1.67 bits per heavy atom. The van der Waals surface area contributed by atoms with Crippen molar-refractivity contribution in [3.8, 4) is 0 Å². The van der Waals surface area contributed by atoms with Gasteiger partial charge in [0.15, 0.2) is 5.69 Å². The number of halogens is 3. The van der Waals surface area contributed by atoms with Crippen LogP contribution in [0.25, 0.3) is 0 Å². The van der Waals surface area contributed by atoms with Crippen molar-refractivity contribution in [3.05, 3.63) is 31.1 Å². The minimum atomic E-state index is -3.01. The second-order valence-corrected chi connectivity index (χ2v) is 4.09. The van der Waals surface area contributed by atoms with Gasteiger partial charge in [-0.05, 0) is 29.5 Å². The molecule has 0 aliphatic heterocycles. The van der Waals surface area contributed by atoms with Crippen molar-refractivity contribution in [3.63, 3.8) is 0 Å². The molecule has 6 nitrogen and oxygen atoms in total. The number of ether oxygens (including phenoxy) is 1. The summed E-state index contributed by atoms with van der Waals surface area (Å²) in [5, 5.41) is 10.7. The highest BCUT2D eigenvalue weighted by atomic mass is 127. The molecular weight excluding hydrogens is 365 g/mol. The second kappa shape index (κ2) is 5.98. The van der Waals surface area contributed by atoms with Gasteiger partial charge in [0.2, 0.25) is 0 Å². The van der Waals surface area contributed by atoms with Crippen LogP contribution in [0.4, 0.5) is 14.5 Å². The molecule has 1 rings (SSSR count). The third-order valence-corrected chi connectivity index (χ3v) is 2.91. The molecule has 0 N–H and O–H groups in total. The van der Waals surface area contributed by atoms with Crippen molar-refractivity contribution in [1.82, 2.24) is 4.98 Å². The van der Waals surface area contributed by atoms with E-state index in [1.807, 2.05) is 0 Å². The molecular formula is C9H7F2IN2O4. The molecule has 1 heterocycles. The predicted octanol–water partition coefficient (Wildman–Crippen LogP) is 2.71. The summed E-state index contributed by atoms with van der Waals surface area (Å²) in [7, 11) is 0. The fraction of sp³-hybridized carbons (Fsp3) is 0.333. The molecule has 0 aromatic carbocycles. The molecule has 0 unspecified atom stereocenters. The van der Waals surface area contributed by atoms with Crippen molar-refractivity contribution < 1.29 is 23.2 Å². The van der Waals surface area contributed by atoms with E-state index >= 15 is 0 Å². The van der Waals surface area contributed by atoms with Crippen LogP contribution in [0.2, 0.25) is 0 Å². The van der Waals surface area contributed by atoms with Crippen LogP contribution in [0.1, 0.15) is 29.5 Å². The number of esters is 1. The standard InChI is InChI=1S/C9H7F2IN2O4/c1-2-18-9(15)7-6(12)5(14(16)17)3-4(13-7)8(10)11/h3,8H,2H2,1H3. The quantitative estimate of drug-likeness (QED) is 0.351. The summed E-state index contributed by atoms with van der Waals surface area (Å²) < 4.78 is 29.5. The van der Waals surface area contributed by atoms with Crippen LogP contribution >= 0.6 is 22.6 Å². The monoisotopic (exact) mass is 372 g/mol. The van der Waals surface area contributed by atoms with Crippen LogP contribution < -0.4 is 0 Å². The molecule has 98 valence electrons. The van der Waals surface area contributed by atoms with Crippen LogP contribution in [-0.2, 0) is 4.74 Å². The molecule has 0 fully saturated rings. The topological polar surface area (TPSA) is 82.3 Å². The molecule has 0 spiro atoms. The van der Waals surface area contributed by atoms with E-state index in [4.69, 9.17) is 0 Å². The van der Waals surface area contributed by atoms with Crippen molar-refractivity contribution >= 4 is 34.2 Å². The van der Waals surface area contributed by atoms with E-state index in [9.17, 15) is 23.7 Å². The van der Waals surface area contributed by atoms with Gasteiger partial charge >= 0.3 is 5.97 Å². The van der Waals surface area contributed by atoms with Gasteiger partial charge in [0.25, 0.3) is 12.1 Å². The van der Waals surface area contributed by atoms with Gasteiger partial charge in [0.1, 0.15) is 9.26 Å². The number of rotatable bonds is 4. The molecule has 0 saturated carbocycles. The summed E-state index contributed by atoms with van der Waals surface area (Å²) in [6, 6.07) is 0.648. The smallest absolute Gasteiger partial charge is 0.358 e. The first-order chi connectivity index (χ1) is 8.38. The maximum atomic E-state index is 12.5. The van der Waals surface area contributed by atoms with Gasteiger partial charge in [-0.2, -0.15) is 0 Å². The average Bonchev–Trinajstić information content (AvgIpc) is 2.28. The normalized spacial score (nSPS) is 10.5.